The Morgan fingerprint density at radius 2 is 2.08 bits per heavy atom. The third-order valence-electron chi connectivity index (χ3n) is 5.77. The Hall–Kier alpha value is -1.42. The van der Waals surface area contributed by atoms with Crippen molar-refractivity contribution in [2.24, 2.45) is 23.2 Å². The van der Waals surface area contributed by atoms with E-state index in [9.17, 15) is 14.7 Å². The van der Waals surface area contributed by atoms with Crippen LogP contribution >= 0.6 is 0 Å². The summed E-state index contributed by atoms with van der Waals surface area (Å²) in [7, 11) is 0. The molecule has 4 atom stereocenters. The van der Waals surface area contributed by atoms with Gasteiger partial charge in [0.25, 0.3) is 0 Å². The Labute approximate surface area is 145 Å². The number of carbonyl (C=O) groups excluding carboxylic acids is 2. The van der Waals surface area contributed by atoms with Gasteiger partial charge in [-0.25, -0.2) is 0 Å². The average molecular weight is 333 g/mol. The first kappa shape index (κ1) is 18.9. The van der Waals surface area contributed by atoms with Crippen molar-refractivity contribution >= 4 is 11.7 Å². The van der Waals surface area contributed by atoms with E-state index in [0.29, 0.717) is 18.0 Å². The second-order valence-electron chi connectivity index (χ2n) is 8.06. The molecule has 134 valence electrons. The number of hydrogen-bond acceptors (Lipinski definition) is 3. The predicted octanol–water partition coefficient (Wildman–Crippen LogP) is 3.02. The molecule has 0 unspecified atom stereocenters. The quantitative estimate of drug-likeness (QED) is 0.813. The van der Waals surface area contributed by atoms with Crippen LogP contribution in [0.4, 0.5) is 0 Å². The van der Waals surface area contributed by atoms with Crippen molar-refractivity contribution in [1.82, 2.24) is 5.32 Å². The first-order chi connectivity index (χ1) is 11.2. The van der Waals surface area contributed by atoms with Crippen LogP contribution < -0.4 is 5.32 Å². The highest BCUT2D eigenvalue weighted by Crippen LogP contribution is 2.49. The van der Waals surface area contributed by atoms with E-state index in [-0.39, 0.29) is 28.9 Å². The largest absolute Gasteiger partial charge is 0.388 e. The van der Waals surface area contributed by atoms with Crippen molar-refractivity contribution in [3.05, 3.63) is 23.3 Å². The van der Waals surface area contributed by atoms with Gasteiger partial charge in [0.1, 0.15) is 0 Å². The Morgan fingerprint density at radius 1 is 1.42 bits per heavy atom. The van der Waals surface area contributed by atoms with E-state index in [1.807, 2.05) is 13.0 Å². The van der Waals surface area contributed by atoms with Crippen LogP contribution in [-0.2, 0) is 9.59 Å². The summed E-state index contributed by atoms with van der Waals surface area (Å²) in [6.07, 6.45) is 5.40. The summed E-state index contributed by atoms with van der Waals surface area (Å²) >= 11 is 0. The molecule has 4 heteroatoms. The van der Waals surface area contributed by atoms with E-state index in [0.717, 1.165) is 24.8 Å². The standard InChI is InChI=1S/C20H31NO3/c1-12(2)8-11-21-19(24)13(3)15-6-9-20(5)10-7-16(22)14(4)17(20)18(15)23/h7,10,12-13,15,18,23H,6,8-9,11H2,1-5H3,(H,21,24)/t13-,15+,18-,20+/m1/s1. The van der Waals surface area contributed by atoms with Gasteiger partial charge in [0.2, 0.25) is 5.91 Å². The Morgan fingerprint density at radius 3 is 2.71 bits per heavy atom. The maximum absolute atomic E-state index is 12.4. The number of allylic oxidation sites excluding steroid dienone is 3. The van der Waals surface area contributed by atoms with E-state index in [1.54, 1.807) is 13.0 Å². The highest BCUT2D eigenvalue weighted by Gasteiger charge is 2.46. The van der Waals surface area contributed by atoms with E-state index < -0.39 is 6.10 Å². The predicted molar refractivity (Wildman–Crippen MR) is 95.3 cm³/mol. The summed E-state index contributed by atoms with van der Waals surface area (Å²) in [6.45, 7) is 10.7. The van der Waals surface area contributed by atoms with E-state index in [2.05, 4.69) is 26.1 Å². The number of aliphatic hydroxyl groups is 1. The lowest BCUT2D eigenvalue weighted by molar-refractivity contribution is -0.128. The van der Waals surface area contributed by atoms with Gasteiger partial charge in [0, 0.05) is 23.8 Å². The number of aliphatic hydroxyl groups excluding tert-OH is 1. The second kappa shape index (κ2) is 7.22. The molecule has 0 aromatic heterocycles. The SMILES string of the molecule is CC1=C2[C@H](O)[C@H]([C@@H](C)C(=O)NCCC(C)C)CC[C@@]2(C)C=CC1=O. The summed E-state index contributed by atoms with van der Waals surface area (Å²) < 4.78 is 0. The van der Waals surface area contributed by atoms with E-state index >= 15 is 0 Å². The zero-order chi connectivity index (χ0) is 18.1. The van der Waals surface area contributed by atoms with Crippen molar-refractivity contribution in [2.45, 2.75) is 60.0 Å². The lowest BCUT2D eigenvalue weighted by Crippen LogP contribution is -2.46. The molecule has 0 spiro atoms. The molecule has 1 fully saturated rings. The summed E-state index contributed by atoms with van der Waals surface area (Å²) in [5.74, 6) is 0.115. The Balaban J connectivity index is 2.12. The van der Waals surface area contributed by atoms with Gasteiger partial charge < -0.3 is 10.4 Å². The number of rotatable bonds is 5. The smallest absolute Gasteiger partial charge is 0.223 e. The molecular weight excluding hydrogens is 302 g/mol. The summed E-state index contributed by atoms with van der Waals surface area (Å²) in [4.78, 5) is 24.5. The molecule has 0 aromatic carbocycles. The maximum Gasteiger partial charge on any atom is 0.223 e. The van der Waals surface area contributed by atoms with Gasteiger partial charge in [0.05, 0.1) is 6.10 Å². The van der Waals surface area contributed by atoms with Gasteiger partial charge in [-0.05, 0) is 49.3 Å². The molecule has 1 saturated carbocycles. The van der Waals surface area contributed by atoms with Gasteiger partial charge >= 0.3 is 0 Å². The Kier molecular flexibility index (Phi) is 5.69. The van der Waals surface area contributed by atoms with Crippen molar-refractivity contribution in [3.63, 3.8) is 0 Å². The fraction of sp³-hybridized carbons (Fsp3) is 0.700. The number of fused-ring (bicyclic) bond motifs is 1. The molecule has 2 rings (SSSR count). The number of hydrogen-bond donors (Lipinski definition) is 2. The molecule has 4 nitrogen and oxygen atoms in total. The molecule has 0 bridgehead atoms. The summed E-state index contributed by atoms with van der Waals surface area (Å²) in [5, 5.41) is 13.9. The van der Waals surface area contributed by atoms with Crippen LogP contribution in [0.25, 0.3) is 0 Å². The third kappa shape index (κ3) is 3.64. The number of nitrogens with one attached hydrogen (secondary N) is 1. The summed E-state index contributed by atoms with van der Waals surface area (Å²) in [6, 6.07) is 0. The number of ketones is 1. The molecule has 0 aliphatic heterocycles. The molecule has 24 heavy (non-hydrogen) atoms. The van der Waals surface area contributed by atoms with E-state index in [1.165, 1.54) is 0 Å². The van der Waals surface area contributed by atoms with Crippen LogP contribution in [0.5, 0.6) is 0 Å². The van der Waals surface area contributed by atoms with Crippen LogP contribution in [0, 0.1) is 23.2 Å². The molecular formula is C20H31NO3. The molecule has 0 radical (unpaired) electrons. The van der Waals surface area contributed by atoms with Gasteiger partial charge in [0.15, 0.2) is 5.78 Å². The van der Waals surface area contributed by atoms with Crippen molar-refractivity contribution in [2.75, 3.05) is 6.54 Å². The first-order valence-electron chi connectivity index (χ1n) is 9.08. The third-order valence-corrected chi connectivity index (χ3v) is 5.77. The van der Waals surface area contributed by atoms with Crippen molar-refractivity contribution < 1.29 is 14.7 Å². The number of amides is 1. The van der Waals surface area contributed by atoms with Crippen LogP contribution in [0.2, 0.25) is 0 Å². The van der Waals surface area contributed by atoms with Crippen LogP contribution in [0.1, 0.15) is 53.9 Å². The van der Waals surface area contributed by atoms with Crippen molar-refractivity contribution in [1.29, 1.82) is 0 Å². The van der Waals surface area contributed by atoms with Crippen LogP contribution in [0.15, 0.2) is 23.3 Å². The maximum atomic E-state index is 12.4. The molecule has 0 saturated heterocycles. The van der Waals surface area contributed by atoms with Crippen LogP contribution in [0.3, 0.4) is 0 Å². The minimum absolute atomic E-state index is 0.000709. The lowest BCUT2D eigenvalue weighted by Gasteiger charge is -2.45. The second-order valence-corrected chi connectivity index (χ2v) is 8.06. The van der Waals surface area contributed by atoms with Gasteiger partial charge in [-0.3, -0.25) is 9.59 Å². The average Bonchev–Trinajstić information content (AvgIpc) is 2.50. The Bertz CT molecular complexity index is 575. The molecule has 1 amide bonds. The first-order valence-corrected chi connectivity index (χ1v) is 9.08. The van der Waals surface area contributed by atoms with Crippen LogP contribution in [-0.4, -0.2) is 29.4 Å². The van der Waals surface area contributed by atoms with Gasteiger partial charge in [-0.2, -0.15) is 0 Å². The zero-order valence-corrected chi connectivity index (χ0v) is 15.6. The fourth-order valence-corrected chi connectivity index (χ4v) is 4.01. The lowest BCUT2D eigenvalue weighted by atomic mass is 9.61. The zero-order valence-electron chi connectivity index (χ0n) is 15.6. The topological polar surface area (TPSA) is 66.4 Å². The van der Waals surface area contributed by atoms with E-state index in [4.69, 9.17) is 0 Å². The molecule has 2 N–H and O–H groups in total. The molecule has 2 aliphatic rings. The highest BCUT2D eigenvalue weighted by molar-refractivity contribution is 6.05. The molecule has 2 aliphatic carbocycles. The minimum Gasteiger partial charge on any atom is -0.388 e. The monoisotopic (exact) mass is 333 g/mol. The summed E-state index contributed by atoms with van der Waals surface area (Å²) in [5.41, 5.74) is 1.19. The fourth-order valence-electron chi connectivity index (χ4n) is 4.01. The molecule has 0 heterocycles. The normalized spacial score (nSPS) is 31.2. The van der Waals surface area contributed by atoms with Crippen molar-refractivity contribution in [3.8, 4) is 0 Å². The highest BCUT2D eigenvalue weighted by atomic mass is 16.3. The van der Waals surface area contributed by atoms with Gasteiger partial charge in [-0.15, -0.1) is 0 Å². The molecule has 0 aromatic rings. The van der Waals surface area contributed by atoms with Gasteiger partial charge in [-0.1, -0.05) is 33.8 Å². The number of carbonyl (C=O) groups is 2. The minimum atomic E-state index is -0.733.